The maximum absolute atomic E-state index is 12.4. The van der Waals surface area contributed by atoms with Crippen LogP contribution >= 0.6 is 11.3 Å². The van der Waals surface area contributed by atoms with Crippen LogP contribution in [-0.4, -0.2) is 16.7 Å². The normalized spacial score (nSPS) is 16.0. The average Bonchev–Trinajstić information content (AvgIpc) is 3.09. The van der Waals surface area contributed by atoms with Crippen molar-refractivity contribution in [2.45, 2.75) is 46.5 Å². The van der Waals surface area contributed by atoms with E-state index in [9.17, 15) is 19.7 Å². The number of hydrogen-bond acceptors (Lipinski definition) is 5. The standard InChI is InChI=1S/C21H25N3O4S/c1-21(2,3)15-8-9-17-14(10-15)11-18(29-17)20(26)23-22-19(25)12-13-6-4-5-7-16(13)24(27)28/h4-7,11,15H,8-10,12H2,1-3H3,(H,22,25)(H,23,26). The topological polar surface area (TPSA) is 101 Å². The highest BCUT2D eigenvalue weighted by Gasteiger charge is 2.30. The Labute approximate surface area is 173 Å². The first-order valence-electron chi connectivity index (χ1n) is 9.58. The molecule has 154 valence electrons. The molecule has 2 amide bonds. The van der Waals surface area contributed by atoms with Gasteiger partial charge in [-0.05, 0) is 42.2 Å². The predicted octanol–water partition coefficient (Wildman–Crippen LogP) is 3.81. The molecule has 3 rings (SSSR count). The number of thiophene rings is 1. The van der Waals surface area contributed by atoms with Gasteiger partial charge in [0.25, 0.3) is 11.6 Å². The minimum absolute atomic E-state index is 0.117. The molecule has 0 fully saturated rings. The Morgan fingerprint density at radius 1 is 1.24 bits per heavy atom. The van der Waals surface area contributed by atoms with Gasteiger partial charge in [-0.25, -0.2) is 0 Å². The van der Waals surface area contributed by atoms with Crippen molar-refractivity contribution in [2.75, 3.05) is 0 Å². The number of carbonyl (C=O) groups excluding carboxylic acids is 2. The summed E-state index contributed by atoms with van der Waals surface area (Å²) in [6.07, 6.45) is 2.86. The zero-order chi connectivity index (χ0) is 21.2. The van der Waals surface area contributed by atoms with Crippen LogP contribution in [0.5, 0.6) is 0 Å². The van der Waals surface area contributed by atoms with E-state index < -0.39 is 10.8 Å². The number of amides is 2. The van der Waals surface area contributed by atoms with Crippen molar-refractivity contribution >= 4 is 28.8 Å². The van der Waals surface area contributed by atoms with E-state index in [2.05, 4.69) is 31.6 Å². The second-order valence-electron chi connectivity index (χ2n) is 8.43. The van der Waals surface area contributed by atoms with Crippen molar-refractivity contribution in [3.05, 3.63) is 61.3 Å². The lowest BCUT2D eigenvalue weighted by atomic mass is 9.72. The fourth-order valence-corrected chi connectivity index (χ4v) is 4.72. The van der Waals surface area contributed by atoms with E-state index in [1.807, 2.05) is 6.07 Å². The van der Waals surface area contributed by atoms with E-state index in [4.69, 9.17) is 0 Å². The van der Waals surface area contributed by atoms with Crippen molar-refractivity contribution in [2.24, 2.45) is 11.3 Å². The third-order valence-corrected chi connectivity index (χ3v) is 6.62. The number of fused-ring (bicyclic) bond motifs is 1. The highest BCUT2D eigenvalue weighted by Crippen LogP contribution is 2.40. The largest absolute Gasteiger partial charge is 0.279 e. The molecule has 0 radical (unpaired) electrons. The number of nitrogens with one attached hydrogen (secondary N) is 2. The minimum atomic E-state index is -0.526. The van der Waals surface area contributed by atoms with E-state index in [0.717, 1.165) is 19.3 Å². The first kappa shape index (κ1) is 21.0. The maximum atomic E-state index is 12.4. The van der Waals surface area contributed by atoms with Crippen LogP contribution in [0.2, 0.25) is 0 Å². The average molecular weight is 416 g/mol. The third-order valence-electron chi connectivity index (χ3n) is 5.39. The lowest BCUT2D eigenvalue weighted by Gasteiger charge is -2.33. The quantitative estimate of drug-likeness (QED) is 0.585. The van der Waals surface area contributed by atoms with Gasteiger partial charge in [-0.3, -0.25) is 30.6 Å². The molecule has 0 saturated carbocycles. The third kappa shape index (κ3) is 5.00. The number of benzene rings is 1. The van der Waals surface area contributed by atoms with Gasteiger partial charge in [0.1, 0.15) is 0 Å². The molecule has 8 heteroatoms. The minimum Gasteiger partial charge on any atom is -0.273 e. The summed E-state index contributed by atoms with van der Waals surface area (Å²) in [4.78, 5) is 36.9. The van der Waals surface area contributed by atoms with Crippen LogP contribution in [0.3, 0.4) is 0 Å². The molecular weight excluding hydrogens is 390 g/mol. The summed E-state index contributed by atoms with van der Waals surface area (Å²) in [5, 5.41) is 11.0. The van der Waals surface area contributed by atoms with Gasteiger partial charge in [0.2, 0.25) is 5.91 Å². The van der Waals surface area contributed by atoms with Crippen LogP contribution in [0.4, 0.5) is 5.69 Å². The summed E-state index contributed by atoms with van der Waals surface area (Å²) in [6, 6.07) is 7.97. The molecule has 1 aliphatic carbocycles. The predicted molar refractivity (Wildman–Crippen MR) is 112 cm³/mol. The molecule has 29 heavy (non-hydrogen) atoms. The molecule has 0 bridgehead atoms. The zero-order valence-corrected chi connectivity index (χ0v) is 17.6. The molecule has 0 aliphatic heterocycles. The number of para-hydroxylation sites is 1. The van der Waals surface area contributed by atoms with Gasteiger partial charge in [0.05, 0.1) is 16.2 Å². The molecule has 0 spiro atoms. The van der Waals surface area contributed by atoms with Crippen molar-refractivity contribution in [1.29, 1.82) is 0 Å². The maximum Gasteiger partial charge on any atom is 0.279 e. The van der Waals surface area contributed by atoms with Gasteiger partial charge in [-0.2, -0.15) is 0 Å². The van der Waals surface area contributed by atoms with Crippen molar-refractivity contribution in [1.82, 2.24) is 10.9 Å². The van der Waals surface area contributed by atoms with Gasteiger partial charge in [-0.15, -0.1) is 11.3 Å². The molecule has 2 N–H and O–H groups in total. The van der Waals surface area contributed by atoms with Crippen molar-refractivity contribution in [3.63, 3.8) is 0 Å². The molecule has 1 unspecified atom stereocenters. The summed E-state index contributed by atoms with van der Waals surface area (Å²) in [5.74, 6) is -0.295. The Balaban J connectivity index is 1.59. The Morgan fingerprint density at radius 3 is 2.66 bits per heavy atom. The Hall–Kier alpha value is -2.74. The number of nitro groups is 1. The molecule has 1 aromatic carbocycles. The number of hydrazine groups is 1. The van der Waals surface area contributed by atoms with Crippen LogP contribution in [0.1, 0.15) is 52.9 Å². The second-order valence-corrected chi connectivity index (χ2v) is 9.57. The van der Waals surface area contributed by atoms with E-state index >= 15 is 0 Å². The van der Waals surface area contributed by atoms with Gasteiger partial charge in [-0.1, -0.05) is 39.0 Å². The number of nitro benzene ring substituents is 1. The van der Waals surface area contributed by atoms with E-state index in [0.29, 0.717) is 16.4 Å². The zero-order valence-electron chi connectivity index (χ0n) is 16.8. The van der Waals surface area contributed by atoms with Gasteiger partial charge in [0.15, 0.2) is 0 Å². The molecule has 1 aromatic heterocycles. The number of aryl methyl sites for hydroxylation is 1. The van der Waals surface area contributed by atoms with Crippen LogP contribution < -0.4 is 10.9 Å². The second kappa shape index (κ2) is 8.32. The van der Waals surface area contributed by atoms with Crippen LogP contribution in [0.15, 0.2) is 30.3 Å². The molecule has 1 atom stereocenters. The number of nitrogens with zero attached hydrogens (tertiary/aromatic N) is 1. The molecule has 2 aromatic rings. The summed E-state index contributed by atoms with van der Waals surface area (Å²) >= 11 is 1.47. The van der Waals surface area contributed by atoms with E-state index in [-0.39, 0.29) is 23.4 Å². The lowest BCUT2D eigenvalue weighted by Crippen LogP contribution is -2.42. The number of hydrogen-bond donors (Lipinski definition) is 2. The Bertz CT molecular complexity index is 946. The molecule has 1 aliphatic rings. The summed E-state index contributed by atoms with van der Waals surface area (Å²) in [7, 11) is 0. The first-order valence-corrected chi connectivity index (χ1v) is 10.4. The fourth-order valence-electron chi connectivity index (χ4n) is 3.62. The van der Waals surface area contributed by atoms with Crippen LogP contribution in [0, 0.1) is 21.4 Å². The van der Waals surface area contributed by atoms with Gasteiger partial charge < -0.3 is 0 Å². The Morgan fingerprint density at radius 2 is 1.97 bits per heavy atom. The number of rotatable bonds is 4. The molecule has 7 nitrogen and oxygen atoms in total. The van der Waals surface area contributed by atoms with Gasteiger partial charge in [0, 0.05) is 16.5 Å². The smallest absolute Gasteiger partial charge is 0.273 e. The number of carbonyl (C=O) groups is 2. The van der Waals surface area contributed by atoms with E-state index in [1.165, 1.54) is 33.9 Å². The van der Waals surface area contributed by atoms with Crippen LogP contribution in [-0.2, 0) is 24.1 Å². The fraction of sp³-hybridized carbons (Fsp3) is 0.429. The first-order chi connectivity index (χ1) is 13.6. The van der Waals surface area contributed by atoms with Crippen molar-refractivity contribution < 1.29 is 14.5 Å². The lowest BCUT2D eigenvalue weighted by molar-refractivity contribution is -0.385. The Kier molecular flexibility index (Phi) is 6.02. The SMILES string of the molecule is CC(C)(C)C1CCc2sc(C(=O)NNC(=O)Cc3ccccc3[N+](=O)[O-])cc2C1. The van der Waals surface area contributed by atoms with Crippen molar-refractivity contribution in [3.8, 4) is 0 Å². The summed E-state index contributed by atoms with van der Waals surface area (Å²) in [6.45, 7) is 6.74. The highest BCUT2D eigenvalue weighted by molar-refractivity contribution is 7.14. The summed E-state index contributed by atoms with van der Waals surface area (Å²) in [5.41, 5.74) is 6.41. The van der Waals surface area contributed by atoms with Crippen LogP contribution in [0.25, 0.3) is 0 Å². The molecule has 1 heterocycles. The van der Waals surface area contributed by atoms with E-state index in [1.54, 1.807) is 12.1 Å². The summed E-state index contributed by atoms with van der Waals surface area (Å²) < 4.78 is 0. The monoisotopic (exact) mass is 415 g/mol. The van der Waals surface area contributed by atoms with Gasteiger partial charge >= 0.3 is 0 Å². The highest BCUT2D eigenvalue weighted by atomic mass is 32.1. The molecular formula is C21H25N3O4S. The molecule has 0 saturated heterocycles.